The van der Waals surface area contributed by atoms with Gasteiger partial charge in [-0.25, -0.2) is 0 Å². The number of methoxy groups -OCH3 is 1. The molecule has 0 saturated carbocycles. The number of aryl methyl sites for hydroxylation is 2. The van der Waals surface area contributed by atoms with Gasteiger partial charge in [-0.3, -0.25) is 14.5 Å². The molecule has 1 saturated heterocycles. The second-order valence-corrected chi connectivity index (χ2v) is 12.2. The number of carbonyl (C=O) groups is 2. The first kappa shape index (κ1) is 31.7. The van der Waals surface area contributed by atoms with Gasteiger partial charge in [-0.2, -0.15) is 11.8 Å². The molecule has 44 heavy (non-hydrogen) atoms. The second kappa shape index (κ2) is 14.4. The number of carboxylic acid groups (broad SMARTS) is 1. The highest BCUT2D eigenvalue weighted by molar-refractivity contribution is 7.98. The number of rotatable bonds is 13. The number of hydrogen-bond acceptors (Lipinski definition) is 7. The number of para-hydroxylation sites is 1. The SMILES string of the molecule is CCc1cccc(CC)c1NC(=O)CN1C[C@H](c2cc(OC)c3c(c2)OCC3)[C@@H](C(=O)O)[C@@H]1c1ccc(OCCSC)cc1. The van der Waals surface area contributed by atoms with E-state index in [1.165, 1.54) is 0 Å². The molecular weight excluding hydrogens is 576 g/mol. The Kier molecular flexibility index (Phi) is 10.4. The predicted molar refractivity (Wildman–Crippen MR) is 175 cm³/mol. The summed E-state index contributed by atoms with van der Waals surface area (Å²) in [6.07, 6.45) is 4.39. The fourth-order valence-electron chi connectivity index (χ4n) is 6.57. The smallest absolute Gasteiger partial charge is 0.309 e. The Morgan fingerprint density at radius 1 is 1.07 bits per heavy atom. The van der Waals surface area contributed by atoms with E-state index in [0.717, 1.165) is 70.0 Å². The molecule has 2 heterocycles. The lowest BCUT2D eigenvalue weighted by molar-refractivity contribution is -0.143. The Bertz CT molecular complexity index is 1450. The average molecular weight is 619 g/mol. The summed E-state index contributed by atoms with van der Waals surface area (Å²) >= 11 is 1.71. The van der Waals surface area contributed by atoms with Crippen molar-refractivity contribution in [1.82, 2.24) is 4.90 Å². The molecule has 3 aromatic carbocycles. The van der Waals surface area contributed by atoms with Crippen LogP contribution < -0.4 is 19.5 Å². The molecule has 3 atom stereocenters. The summed E-state index contributed by atoms with van der Waals surface area (Å²) < 4.78 is 17.4. The summed E-state index contributed by atoms with van der Waals surface area (Å²) in [6, 6.07) is 17.1. The Morgan fingerprint density at radius 2 is 1.80 bits per heavy atom. The molecule has 2 aliphatic heterocycles. The molecule has 1 amide bonds. The minimum absolute atomic E-state index is 0.0523. The fraction of sp³-hybridized carbons (Fsp3) is 0.429. The quantitative estimate of drug-likeness (QED) is 0.226. The first-order valence-corrected chi connectivity index (χ1v) is 16.7. The van der Waals surface area contributed by atoms with Gasteiger partial charge in [0, 0.05) is 41.9 Å². The molecule has 0 bridgehead atoms. The highest BCUT2D eigenvalue weighted by Crippen LogP contribution is 2.48. The Morgan fingerprint density at radius 3 is 2.43 bits per heavy atom. The van der Waals surface area contributed by atoms with E-state index in [4.69, 9.17) is 14.2 Å². The number of carboxylic acids is 1. The van der Waals surface area contributed by atoms with E-state index in [-0.39, 0.29) is 18.4 Å². The molecule has 0 radical (unpaired) electrons. The molecule has 234 valence electrons. The van der Waals surface area contributed by atoms with Gasteiger partial charge in [0.05, 0.1) is 32.8 Å². The molecule has 0 spiro atoms. The number of carbonyl (C=O) groups excluding carboxylic acids is 1. The summed E-state index contributed by atoms with van der Waals surface area (Å²) in [6.45, 7) is 5.76. The van der Waals surface area contributed by atoms with Gasteiger partial charge in [-0.1, -0.05) is 44.2 Å². The molecule has 8 nitrogen and oxygen atoms in total. The number of thioether (sulfide) groups is 1. The van der Waals surface area contributed by atoms with Crippen LogP contribution in [0.1, 0.15) is 53.6 Å². The lowest BCUT2D eigenvalue weighted by Gasteiger charge is -2.27. The Balaban J connectivity index is 1.49. The van der Waals surface area contributed by atoms with Crippen LogP contribution in [0.25, 0.3) is 0 Å². The van der Waals surface area contributed by atoms with Crippen molar-refractivity contribution in [1.29, 1.82) is 0 Å². The number of anilines is 1. The van der Waals surface area contributed by atoms with Crippen molar-refractivity contribution in [2.75, 3.05) is 50.7 Å². The van der Waals surface area contributed by atoms with Gasteiger partial charge in [-0.15, -0.1) is 0 Å². The van der Waals surface area contributed by atoms with Gasteiger partial charge in [-0.05, 0) is 65.6 Å². The molecule has 1 fully saturated rings. The van der Waals surface area contributed by atoms with Crippen LogP contribution in [0.2, 0.25) is 0 Å². The maximum atomic E-state index is 13.7. The summed E-state index contributed by atoms with van der Waals surface area (Å²) in [5, 5.41) is 13.9. The number of amides is 1. The number of benzene rings is 3. The topological polar surface area (TPSA) is 97.3 Å². The van der Waals surface area contributed by atoms with Crippen molar-refractivity contribution in [2.45, 2.75) is 45.1 Å². The second-order valence-electron chi connectivity index (χ2n) is 11.3. The molecule has 0 aromatic heterocycles. The maximum Gasteiger partial charge on any atom is 0.309 e. The molecule has 2 aliphatic rings. The van der Waals surface area contributed by atoms with Crippen molar-refractivity contribution in [3.8, 4) is 17.2 Å². The molecule has 2 N–H and O–H groups in total. The third kappa shape index (κ3) is 6.69. The van der Waals surface area contributed by atoms with Crippen molar-refractivity contribution < 1.29 is 28.9 Å². The lowest BCUT2D eigenvalue weighted by atomic mass is 9.82. The summed E-state index contributed by atoms with van der Waals surface area (Å²) in [5.74, 6) is 0.802. The highest BCUT2D eigenvalue weighted by Gasteiger charge is 2.48. The van der Waals surface area contributed by atoms with Gasteiger partial charge in [0.15, 0.2) is 0 Å². The van der Waals surface area contributed by atoms with Crippen molar-refractivity contribution in [2.24, 2.45) is 5.92 Å². The van der Waals surface area contributed by atoms with E-state index in [9.17, 15) is 14.7 Å². The Hall–Kier alpha value is -3.69. The molecule has 0 unspecified atom stereocenters. The first-order valence-electron chi connectivity index (χ1n) is 15.3. The van der Waals surface area contributed by atoms with E-state index >= 15 is 0 Å². The normalized spacial score (nSPS) is 19.3. The molecule has 3 aromatic rings. The summed E-state index contributed by atoms with van der Waals surface area (Å²) in [5.41, 5.74) is 5.70. The number of fused-ring (bicyclic) bond motifs is 1. The molecule has 0 aliphatic carbocycles. The molecule has 5 rings (SSSR count). The minimum Gasteiger partial charge on any atom is -0.496 e. The van der Waals surface area contributed by atoms with Crippen molar-refractivity contribution in [3.05, 3.63) is 82.4 Å². The third-order valence-corrected chi connectivity index (χ3v) is 9.29. The highest BCUT2D eigenvalue weighted by atomic mass is 32.2. The van der Waals surface area contributed by atoms with Crippen LogP contribution >= 0.6 is 11.8 Å². The largest absolute Gasteiger partial charge is 0.496 e. The number of nitrogens with zero attached hydrogens (tertiary/aromatic N) is 1. The van der Waals surface area contributed by atoms with Gasteiger partial charge in [0.1, 0.15) is 17.2 Å². The van der Waals surface area contributed by atoms with E-state index in [2.05, 4.69) is 19.2 Å². The van der Waals surface area contributed by atoms with Crippen LogP contribution in [-0.4, -0.2) is 67.3 Å². The summed E-state index contributed by atoms with van der Waals surface area (Å²) in [4.78, 5) is 28.8. The molecule has 9 heteroatoms. The van der Waals surface area contributed by atoms with Crippen LogP contribution in [0, 0.1) is 5.92 Å². The van der Waals surface area contributed by atoms with Crippen LogP contribution in [0.15, 0.2) is 54.6 Å². The average Bonchev–Trinajstić information content (AvgIpc) is 3.66. The van der Waals surface area contributed by atoms with Crippen LogP contribution in [0.4, 0.5) is 5.69 Å². The fourth-order valence-corrected chi connectivity index (χ4v) is 6.82. The van der Waals surface area contributed by atoms with E-state index in [1.54, 1.807) is 18.9 Å². The first-order chi connectivity index (χ1) is 21.4. The number of ether oxygens (including phenoxy) is 3. The van der Waals surface area contributed by atoms with Gasteiger partial charge < -0.3 is 24.6 Å². The monoisotopic (exact) mass is 618 g/mol. The zero-order chi connectivity index (χ0) is 31.2. The van der Waals surface area contributed by atoms with Crippen LogP contribution in [0.5, 0.6) is 17.2 Å². The number of aliphatic carboxylic acids is 1. The standard InChI is InChI=1S/C35H42N2O6S/c1-5-22-8-7-9-23(6-2)33(22)36-31(38)21-37-20-28(25-18-29(41-3)27-14-15-43-30(27)19-25)32(35(39)40)34(37)24-10-12-26(13-11-24)42-16-17-44-4/h7-13,18-19,28,32,34H,5-6,14-17,20-21H2,1-4H3,(H,36,38)(H,39,40)/t28-,32-,34+/m1/s1. The van der Waals surface area contributed by atoms with Crippen molar-refractivity contribution in [3.63, 3.8) is 0 Å². The third-order valence-electron chi connectivity index (χ3n) is 8.72. The Labute approximate surface area is 264 Å². The van der Waals surface area contributed by atoms with Crippen LogP contribution in [0.3, 0.4) is 0 Å². The van der Waals surface area contributed by atoms with Gasteiger partial charge in [0.2, 0.25) is 5.91 Å². The minimum atomic E-state index is -0.909. The van der Waals surface area contributed by atoms with E-state index in [1.807, 2.05) is 65.8 Å². The van der Waals surface area contributed by atoms with Gasteiger partial charge >= 0.3 is 5.97 Å². The van der Waals surface area contributed by atoms with E-state index < -0.39 is 17.9 Å². The molecular formula is C35H42N2O6S. The lowest BCUT2D eigenvalue weighted by Crippen LogP contribution is -2.35. The van der Waals surface area contributed by atoms with Crippen LogP contribution in [-0.2, 0) is 28.9 Å². The van der Waals surface area contributed by atoms with E-state index in [0.29, 0.717) is 25.5 Å². The van der Waals surface area contributed by atoms with Gasteiger partial charge in [0.25, 0.3) is 0 Å². The maximum absolute atomic E-state index is 13.7. The zero-order valence-corrected chi connectivity index (χ0v) is 26.7. The zero-order valence-electron chi connectivity index (χ0n) is 25.9. The number of nitrogens with one attached hydrogen (secondary N) is 1. The number of likely N-dealkylation sites (tertiary alicyclic amines) is 1. The predicted octanol–water partition coefficient (Wildman–Crippen LogP) is 5.98. The van der Waals surface area contributed by atoms with Crippen molar-refractivity contribution >= 4 is 29.3 Å². The summed E-state index contributed by atoms with van der Waals surface area (Å²) in [7, 11) is 1.63. The number of hydrogen-bond donors (Lipinski definition) is 2.